The van der Waals surface area contributed by atoms with Crippen LogP contribution >= 0.6 is 11.8 Å². The van der Waals surface area contributed by atoms with Crippen LogP contribution in [-0.4, -0.2) is 24.5 Å². The van der Waals surface area contributed by atoms with Crippen LogP contribution in [0.3, 0.4) is 0 Å². The molecule has 0 aromatic heterocycles. The molecule has 0 spiro atoms. The van der Waals surface area contributed by atoms with E-state index in [0.29, 0.717) is 0 Å². The fourth-order valence-corrected chi connectivity index (χ4v) is 2.66. The number of benzene rings is 1. The Morgan fingerprint density at radius 2 is 1.93 bits per heavy atom. The van der Waals surface area contributed by atoms with Gasteiger partial charge in [0.15, 0.2) is 5.17 Å². The Morgan fingerprint density at radius 1 is 1.27 bits per heavy atom. The van der Waals surface area contributed by atoms with Gasteiger partial charge in [0.25, 0.3) is 0 Å². The summed E-state index contributed by atoms with van der Waals surface area (Å²) in [5, 5.41) is 1.15. The highest BCUT2D eigenvalue weighted by molar-refractivity contribution is 8.13. The average molecular weight is 220 g/mol. The maximum Gasteiger partial charge on any atom is 0.163 e. The molecule has 0 saturated carbocycles. The van der Waals surface area contributed by atoms with Gasteiger partial charge in [-0.3, -0.25) is 4.99 Å². The van der Waals surface area contributed by atoms with Gasteiger partial charge in [-0.15, -0.1) is 0 Å². The smallest absolute Gasteiger partial charge is 0.163 e. The lowest BCUT2D eigenvalue weighted by atomic mass is 10.1. The first-order chi connectivity index (χ1) is 7.24. The van der Waals surface area contributed by atoms with Gasteiger partial charge in [-0.1, -0.05) is 30.0 Å². The largest absolute Gasteiger partial charge is 0.319 e. The van der Waals surface area contributed by atoms with Crippen LogP contribution in [-0.2, 0) is 0 Å². The maximum absolute atomic E-state index is 4.50. The van der Waals surface area contributed by atoms with Gasteiger partial charge in [-0.05, 0) is 31.2 Å². The van der Waals surface area contributed by atoms with Crippen LogP contribution in [0.5, 0.6) is 0 Å². The molecule has 1 aromatic carbocycles. The molecule has 15 heavy (non-hydrogen) atoms. The average Bonchev–Trinajstić information content (AvgIpc) is 2.65. The predicted octanol–water partition coefficient (Wildman–Crippen LogP) is 2.84. The Morgan fingerprint density at radius 3 is 2.53 bits per heavy atom. The van der Waals surface area contributed by atoms with Crippen molar-refractivity contribution in [1.82, 2.24) is 0 Å². The standard InChI is InChI=1S/C12H16N2S/c1-9-5-4-6-10(2)11(9)14-8-7-13-12(14)15-3/h4-6H,7-8H2,1-3H3. The van der Waals surface area contributed by atoms with Crippen LogP contribution in [0.1, 0.15) is 11.1 Å². The molecule has 0 fully saturated rings. The number of nitrogens with zero attached hydrogens (tertiary/aromatic N) is 2. The normalized spacial score (nSPS) is 15.7. The minimum Gasteiger partial charge on any atom is -0.319 e. The Bertz CT molecular complexity index is 378. The third-order valence-corrected chi connectivity index (χ3v) is 3.41. The molecule has 0 bridgehead atoms. The molecule has 0 atom stereocenters. The number of para-hydroxylation sites is 1. The van der Waals surface area contributed by atoms with E-state index in [1.165, 1.54) is 16.8 Å². The van der Waals surface area contributed by atoms with Crippen molar-refractivity contribution in [2.45, 2.75) is 13.8 Å². The van der Waals surface area contributed by atoms with Crippen molar-refractivity contribution in [3.8, 4) is 0 Å². The zero-order valence-electron chi connectivity index (χ0n) is 9.45. The molecule has 1 aliphatic heterocycles. The van der Waals surface area contributed by atoms with Crippen LogP contribution in [0.4, 0.5) is 5.69 Å². The van der Waals surface area contributed by atoms with E-state index in [1.54, 1.807) is 11.8 Å². The van der Waals surface area contributed by atoms with Crippen molar-refractivity contribution in [2.24, 2.45) is 4.99 Å². The Hall–Kier alpha value is -0.960. The van der Waals surface area contributed by atoms with E-state index in [0.717, 1.165) is 18.3 Å². The molecule has 1 aromatic rings. The van der Waals surface area contributed by atoms with Gasteiger partial charge < -0.3 is 4.90 Å². The van der Waals surface area contributed by atoms with Crippen molar-refractivity contribution >= 4 is 22.6 Å². The molecule has 0 unspecified atom stereocenters. The molecule has 1 aliphatic rings. The number of aliphatic imine (C=N–C) groups is 1. The summed E-state index contributed by atoms with van der Waals surface area (Å²) in [7, 11) is 0. The van der Waals surface area contributed by atoms with E-state index >= 15 is 0 Å². The fourth-order valence-electron chi connectivity index (χ4n) is 2.04. The van der Waals surface area contributed by atoms with Crippen molar-refractivity contribution in [3.63, 3.8) is 0 Å². The van der Waals surface area contributed by atoms with Gasteiger partial charge in [0, 0.05) is 12.2 Å². The highest BCUT2D eigenvalue weighted by atomic mass is 32.2. The maximum atomic E-state index is 4.50. The predicted molar refractivity (Wildman–Crippen MR) is 69.1 cm³/mol. The van der Waals surface area contributed by atoms with Crippen molar-refractivity contribution in [1.29, 1.82) is 0 Å². The number of rotatable bonds is 1. The zero-order chi connectivity index (χ0) is 10.8. The van der Waals surface area contributed by atoms with E-state index in [-0.39, 0.29) is 0 Å². The van der Waals surface area contributed by atoms with E-state index in [2.05, 4.69) is 48.2 Å². The Balaban J connectivity index is 2.41. The van der Waals surface area contributed by atoms with Crippen LogP contribution in [0.2, 0.25) is 0 Å². The molecule has 0 saturated heterocycles. The number of hydrogen-bond acceptors (Lipinski definition) is 3. The monoisotopic (exact) mass is 220 g/mol. The highest BCUT2D eigenvalue weighted by Crippen LogP contribution is 2.28. The van der Waals surface area contributed by atoms with Crippen LogP contribution in [0, 0.1) is 13.8 Å². The SMILES string of the molecule is CSC1=NCCN1c1c(C)cccc1C. The summed E-state index contributed by atoms with van der Waals surface area (Å²) in [5.41, 5.74) is 4.00. The van der Waals surface area contributed by atoms with E-state index in [9.17, 15) is 0 Å². The molecule has 1 heterocycles. The molecule has 2 rings (SSSR count). The summed E-state index contributed by atoms with van der Waals surface area (Å²) in [5.74, 6) is 0. The van der Waals surface area contributed by atoms with Gasteiger partial charge in [-0.2, -0.15) is 0 Å². The molecular weight excluding hydrogens is 204 g/mol. The summed E-state index contributed by atoms with van der Waals surface area (Å²) in [6.45, 7) is 6.27. The van der Waals surface area contributed by atoms with Gasteiger partial charge in [0.2, 0.25) is 0 Å². The Kier molecular flexibility index (Phi) is 3.00. The number of anilines is 1. The zero-order valence-corrected chi connectivity index (χ0v) is 10.3. The molecule has 0 amide bonds. The summed E-state index contributed by atoms with van der Waals surface area (Å²) < 4.78 is 0. The lowest BCUT2D eigenvalue weighted by Crippen LogP contribution is -2.26. The second-order valence-electron chi connectivity index (χ2n) is 3.76. The first-order valence-corrected chi connectivity index (χ1v) is 6.38. The number of hydrogen-bond donors (Lipinski definition) is 0. The first kappa shape index (κ1) is 10.6. The van der Waals surface area contributed by atoms with Crippen molar-refractivity contribution in [3.05, 3.63) is 29.3 Å². The lowest BCUT2D eigenvalue weighted by Gasteiger charge is -2.23. The van der Waals surface area contributed by atoms with E-state index in [1.807, 2.05) is 0 Å². The van der Waals surface area contributed by atoms with Gasteiger partial charge >= 0.3 is 0 Å². The van der Waals surface area contributed by atoms with Gasteiger partial charge in [-0.25, -0.2) is 0 Å². The topological polar surface area (TPSA) is 15.6 Å². The van der Waals surface area contributed by atoms with E-state index in [4.69, 9.17) is 0 Å². The summed E-state index contributed by atoms with van der Waals surface area (Å²) in [6, 6.07) is 6.44. The molecule has 0 radical (unpaired) electrons. The second-order valence-corrected chi connectivity index (χ2v) is 4.53. The molecule has 80 valence electrons. The lowest BCUT2D eigenvalue weighted by molar-refractivity contribution is 1.01. The number of aryl methyl sites for hydroxylation is 2. The third-order valence-electron chi connectivity index (χ3n) is 2.69. The highest BCUT2D eigenvalue weighted by Gasteiger charge is 2.20. The Labute approximate surface area is 95.4 Å². The molecule has 3 heteroatoms. The second kappa shape index (κ2) is 4.27. The van der Waals surface area contributed by atoms with Gasteiger partial charge in [0.05, 0.1) is 6.54 Å². The molecule has 2 nitrogen and oxygen atoms in total. The quantitative estimate of drug-likeness (QED) is 0.723. The molecular formula is C12H16N2S. The molecule has 0 N–H and O–H groups in total. The summed E-state index contributed by atoms with van der Waals surface area (Å²) >= 11 is 1.73. The number of amidine groups is 1. The fraction of sp³-hybridized carbons (Fsp3) is 0.417. The third kappa shape index (κ3) is 1.88. The minimum absolute atomic E-state index is 0.921. The van der Waals surface area contributed by atoms with Crippen LogP contribution in [0.15, 0.2) is 23.2 Å². The van der Waals surface area contributed by atoms with Crippen molar-refractivity contribution < 1.29 is 0 Å². The van der Waals surface area contributed by atoms with Crippen molar-refractivity contribution in [2.75, 3.05) is 24.2 Å². The van der Waals surface area contributed by atoms with Gasteiger partial charge in [0.1, 0.15) is 0 Å². The number of thioether (sulfide) groups is 1. The first-order valence-electron chi connectivity index (χ1n) is 5.16. The van der Waals surface area contributed by atoms with Crippen LogP contribution in [0.25, 0.3) is 0 Å². The van der Waals surface area contributed by atoms with Crippen LogP contribution < -0.4 is 4.90 Å². The minimum atomic E-state index is 0.921. The molecule has 0 aliphatic carbocycles. The summed E-state index contributed by atoms with van der Waals surface area (Å²) in [4.78, 5) is 6.83. The van der Waals surface area contributed by atoms with E-state index < -0.39 is 0 Å². The summed E-state index contributed by atoms with van der Waals surface area (Å²) in [6.07, 6.45) is 2.09.